The van der Waals surface area contributed by atoms with Gasteiger partial charge in [0.25, 0.3) is 0 Å². The molecule has 0 bridgehead atoms. The van der Waals surface area contributed by atoms with Crippen molar-refractivity contribution in [3.63, 3.8) is 0 Å². The SMILES string of the molecule is FC(F)(F)Oc1ccccc1.O=C(O)c1ccccc1I.O=C1OI(c2ccc(OC(F)(F)F)cc2)c2ccccc21. The second kappa shape index (κ2) is 14.6. The van der Waals surface area contributed by atoms with Crippen molar-refractivity contribution < 1.29 is 53.6 Å². The van der Waals surface area contributed by atoms with E-state index in [1.807, 2.05) is 40.8 Å². The van der Waals surface area contributed by atoms with Gasteiger partial charge in [0.1, 0.15) is 5.75 Å². The van der Waals surface area contributed by atoms with Crippen molar-refractivity contribution in [3.05, 3.63) is 125 Å². The predicted molar refractivity (Wildman–Crippen MR) is 156 cm³/mol. The number of carbonyl (C=O) groups excluding carboxylic acids is 1. The maximum absolute atomic E-state index is 12.1. The summed E-state index contributed by atoms with van der Waals surface area (Å²) < 4.78 is 86.1. The summed E-state index contributed by atoms with van der Waals surface area (Å²) in [6.45, 7) is 0. The Kier molecular flexibility index (Phi) is 11.4. The number of carbonyl (C=O) groups is 2. The van der Waals surface area contributed by atoms with E-state index in [0.29, 0.717) is 11.1 Å². The Balaban J connectivity index is 0.000000194. The number of rotatable bonds is 4. The van der Waals surface area contributed by atoms with Crippen LogP contribution in [0.3, 0.4) is 0 Å². The number of carboxylic acids is 1. The maximum atomic E-state index is 12.1. The molecule has 1 aliphatic rings. The number of carboxylic acid groups (broad SMARTS) is 1. The van der Waals surface area contributed by atoms with E-state index in [2.05, 4.69) is 9.47 Å². The molecule has 0 aromatic heterocycles. The first kappa shape index (κ1) is 33.0. The van der Waals surface area contributed by atoms with E-state index < -0.39 is 38.9 Å². The van der Waals surface area contributed by atoms with Gasteiger partial charge >= 0.3 is 138 Å². The summed E-state index contributed by atoms with van der Waals surface area (Å²) in [5.74, 6) is -1.72. The van der Waals surface area contributed by atoms with Crippen LogP contribution in [-0.4, -0.2) is 29.8 Å². The topological polar surface area (TPSA) is 82.1 Å². The summed E-state index contributed by atoms with van der Waals surface area (Å²) in [5.41, 5.74) is 0.904. The van der Waals surface area contributed by atoms with Gasteiger partial charge in [-0.25, -0.2) is 4.79 Å². The zero-order chi connectivity index (χ0) is 30.9. The van der Waals surface area contributed by atoms with Gasteiger partial charge in [0.15, 0.2) is 0 Å². The molecular formula is C28H18F6I2O6. The molecule has 0 saturated heterocycles. The van der Waals surface area contributed by atoms with Gasteiger partial charge in [-0.1, -0.05) is 30.3 Å². The molecule has 1 N–H and O–H groups in total. The predicted octanol–water partition coefficient (Wildman–Crippen LogP) is 8.79. The van der Waals surface area contributed by atoms with Gasteiger partial charge in [-0.05, 0) is 46.9 Å². The van der Waals surface area contributed by atoms with E-state index in [9.17, 15) is 35.9 Å². The zero-order valence-corrected chi connectivity index (χ0v) is 25.1. The number of alkyl halides is 6. The molecule has 0 unspecified atom stereocenters. The fraction of sp³-hybridized carbons (Fsp3) is 0.0714. The molecule has 14 heteroatoms. The summed E-state index contributed by atoms with van der Waals surface area (Å²) in [5, 5.41) is 8.56. The third-order valence-corrected chi connectivity index (χ3v) is 10.4. The molecule has 0 spiro atoms. The van der Waals surface area contributed by atoms with Crippen LogP contribution in [0, 0.1) is 10.7 Å². The zero-order valence-electron chi connectivity index (χ0n) is 20.8. The Morgan fingerprint density at radius 1 is 0.714 bits per heavy atom. The van der Waals surface area contributed by atoms with Crippen LogP contribution in [-0.2, 0) is 3.07 Å². The fourth-order valence-corrected chi connectivity index (χ4v) is 7.99. The van der Waals surface area contributed by atoms with E-state index in [-0.39, 0.29) is 17.5 Å². The van der Waals surface area contributed by atoms with Crippen molar-refractivity contribution in [1.29, 1.82) is 0 Å². The van der Waals surface area contributed by atoms with Crippen LogP contribution in [0.25, 0.3) is 0 Å². The summed E-state index contributed by atoms with van der Waals surface area (Å²) in [4.78, 5) is 22.2. The first-order valence-corrected chi connectivity index (χ1v) is 15.5. The van der Waals surface area contributed by atoms with Crippen LogP contribution < -0.4 is 9.47 Å². The van der Waals surface area contributed by atoms with Crippen LogP contribution in [0.4, 0.5) is 26.3 Å². The molecule has 42 heavy (non-hydrogen) atoms. The van der Waals surface area contributed by atoms with Crippen molar-refractivity contribution >= 4 is 54.8 Å². The molecule has 0 aliphatic carbocycles. The average molecular weight is 818 g/mol. The molecule has 6 nitrogen and oxygen atoms in total. The van der Waals surface area contributed by atoms with Crippen LogP contribution in [0.15, 0.2) is 103 Å². The first-order valence-electron chi connectivity index (χ1n) is 11.4. The molecule has 4 aromatic rings. The quantitative estimate of drug-likeness (QED) is 0.164. The first-order chi connectivity index (χ1) is 19.7. The number of para-hydroxylation sites is 1. The van der Waals surface area contributed by atoms with E-state index in [1.54, 1.807) is 36.4 Å². The second-order valence-corrected chi connectivity index (χ2v) is 13.2. The Morgan fingerprint density at radius 2 is 1.21 bits per heavy atom. The monoisotopic (exact) mass is 818 g/mol. The van der Waals surface area contributed by atoms with E-state index in [1.165, 1.54) is 48.5 Å². The standard InChI is InChI=1S/C14H8F3IO3.C7H5F3O.C7H5IO2/c15-14(16,17)20-10-7-5-9(6-8-10)18-12-4-2-1-3-11(12)13(19)21-18;8-7(9,10)11-6-4-2-1-3-5-6;8-6-4-2-1-3-5(6)7(9)10/h1-8H;1-5H;1-4H,(H,9,10). The average Bonchev–Trinajstić information content (AvgIpc) is 3.25. The summed E-state index contributed by atoms with van der Waals surface area (Å²) >= 11 is -0.359. The van der Waals surface area contributed by atoms with Crippen molar-refractivity contribution in [1.82, 2.24) is 0 Å². The summed E-state index contributed by atoms with van der Waals surface area (Å²) in [6.07, 6.45) is -9.31. The summed E-state index contributed by atoms with van der Waals surface area (Å²) in [6, 6.07) is 26.5. The van der Waals surface area contributed by atoms with E-state index >= 15 is 0 Å². The number of halogens is 8. The molecule has 0 atom stereocenters. The Labute approximate surface area is 256 Å². The van der Waals surface area contributed by atoms with Gasteiger partial charge in [0.2, 0.25) is 0 Å². The van der Waals surface area contributed by atoms with Gasteiger partial charge in [-0.2, -0.15) is 0 Å². The number of aromatic carboxylic acids is 1. The second-order valence-electron chi connectivity index (χ2n) is 7.74. The van der Waals surface area contributed by atoms with E-state index in [0.717, 1.165) is 10.7 Å². The minimum atomic E-state index is -4.72. The van der Waals surface area contributed by atoms with Crippen LogP contribution in [0.5, 0.6) is 11.5 Å². The van der Waals surface area contributed by atoms with Gasteiger partial charge < -0.3 is 9.84 Å². The van der Waals surface area contributed by atoms with Crippen molar-refractivity contribution in [2.75, 3.05) is 0 Å². The molecule has 0 fully saturated rings. The third-order valence-electron chi connectivity index (χ3n) is 4.75. The number of fused-ring (bicyclic) bond motifs is 1. The number of benzene rings is 4. The Hall–Kier alpha value is -3.54. The molecule has 1 aliphatic heterocycles. The van der Waals surface area contributed by atoms with Crippen molar-refractivity contribution in [3.8, 4) is 11.5 Å². The van der Waals surface area contributed by atoms with E-state index in [4.69, 9.17) is 8.17 Å². The van der Waals surface area contributed by atoms with Crippen LogP contribution >= 0.6 is 42.8 Å². The minimum absolute atomic E-state index is 0.194. The Bertz CT molecular complexity index is 1500. The molecular weight excluding hydrogens is 800 g/mol. The van der Waals surface area contributed by atoms with Crippen molar-refractivity contribution in [2.45, 2.75) is 12.7 Å². The number of ether oxygens (including phenoxy) is 2. The fourth-order valence-electron chi connectivity index (χ4n) is 3.10. The van der Waals surface area contributed by atoms with Crippen molar-refractivity contribution in [2.24, 2.45) is 0 Å². The number of hydrogen-bond donors (Lipinski definition) is 1. The number of hydrogen-bond acceptors (Lipinski definition) is 5. The molecule has 0 saturated carbocycles. The normalized spacial score (nSPS) is 12.9. The molecule has 1 heterocycles. The van der Waals surface area contributed by atoms with Gasteiger partial charge in [-0.15, -0.1) is 13.2 Å². The molecule has 4 aromatic carbocycles. The van der Waals surface area contributed by atoms with Gasteiger partial charge in [-0.3, -0.25) is 0 Å². The molecule has 222 valence electrons. The van der Waals surface area contributed by atoms with Gasteiger partial charge in [0, 0.05) is 3.57 Å². The molecule has 0 amide bonds. The van der Waals surface area contributed by atoms with Gasteiger partial charge in [0.05, 0.1) is 5.56 Å². The van der Waals surface area contributed by atoms with Crippen LogP contribution in [0.1, 0.15) is 20.7 Å². The Morgan fingerprint density at radius 3 is 1.74 bits per heavy atom. The third kappa shape index (κ3) is 10.4. The molecule has 0 radical (unpaired) electrons. The summed E-state index contributed by atoms with van der Waals surface area (Å²) in [7, 11) is 0. The molecule has 5 rings (SSSR count). The van der Waals surface area contributed by atoms with Crippen LogP contribution in [0.2, 0.25) is 0 Å².